The molecular weight excluding hydrogens is 345 g/mol. The molecule has 0 aromatic carbocycles. The van der Waals surface area contributed by atoms with Crippen molar-refractivity contribution in [3.8, 4) is 6.07 Å². The molecule has 2 aromatic rings. The first kappa shape index (κ1) is 16.7. The largest absolute Gasteiger partial charge is 0.472 e. The van der Waals surface area contributed by atoms with Crippen LogP contribution in [0.25, 0.3) is 5.52 Å². The Morgan fingerprint density at radius 3 is 2.79 bits per heavy atom. The Labute approximate surface area is 133 Å². The first-order valence-electron chi connectivity index (χ1n) is 6.47. The van der Waals surface area contributed by atoms with Gasteiger partial charge in [0.1, 0.15) is 30.1 Å². The van der Waals surface area contributed by atoms with Crippen LogP contribution in [0.15, 0.2) is 18.5 Å². The molecule has 0 bridgehead atoms. The quantitative estimate of drug-likeness (QED) is 0.389. The van der Waals surface area contributed by atoms with Crippen LogP contribution in [0, 0.1) is 11.3 Å². The van der Waals surface area contributed by atoms with E-state index >= 15 is 0 Å². The highest BCUT2D eigenvalue weighted by Crippen LogP contribution is 2.46. The summed E-state index contributed by atoms with van der Waals surface area (Å²) in [5, 5.41) is 33.7. The Morgan fingerprint density at radius 2 is 2.17 bits per heavy atom. The molecule has 0 spiro atoms. The molecule has 1 aliphatic rings. The minimum Gasteiger partial charge on any atom is -0.386 e. The van der Waals surface area contributed by atoms with Crippen LogP contribution in [0.5, 0.6) is 0 Å². The summed E-state index contributed by atoms with van der Waals surface area (Å²) in [7, 11) is -5.04. The van der Waals surface area contributed by atoms with Crippen LogP contribution in [-0.2, 0) is 19.4 Å². The first-order chi connectivity index (χ1) is 11.2. The Balaban J connectivity index is 2.11. The summed E-state index contributed by atoms with van der Waals surface area (Å²) in [5.41, 5.74) is 3.80. The van der Waals surface area contributed by atoms with Gasteiger partial charge in [0.05, 0.1) is 5.69 Å². The summed E-state index contributed by atoms with van der Waals surface area (Å²) < 4.78 is 21.6. The first-order valence-corrected chi connectivity index (χ1v) is 8.00. The summed E-state index contributed by atoms with van der Waals surface area (Å²) >= 11 is 0. The number of anilines is 1. The van der Waals surface area contributed by atoms with E-state index in [1.165, 1.54) is 16.6 Å². The van der Waals surface area contributed by atoms with Crippen LogP contribution >= 0.6 is 7.82 Å². The average Bonchev–Trinajstić information content (AvgIpc) is 3.03. The molecule has 128 valence electrons. The molecule has 3 heterocycles. The van der Waals surface area contributed by atoms with Crippen molar-refractivity contribution >= 4 is 19.2 Å². The normalized spacial score (nSPS) is 30.5. The lowest BCUT2D eigenvalue weighted by Crippen LogP contribution is -2.40. The fourth-order valence-corrected chi connectivity index (χ4v) is 2.97. The van der Waals surface area contributed by atoms with Gasteiger partial charge in [-0.05, 0) is 12.1 Å². The van der Waals surface area contributed by atoms with Gasteiger partial charge in [0.2, 0.25) is 5.60 Å². The molecule has 12 nitrogen and oxygen atoms in total. The number of aliphatic hydroxyl groups is 2. The number of aliphatic hydroxyl groups excluding tert-OH is 2. The number of hydrogen-bond donors (Lipinski definition) is 5. The maximum atomic E-state index is 11.0. The molecule has 0 unspecified atom stereocenters. The van der Waals surface area contributed by atoms with Gasteiger partial charge in [-0.1, -0.05) is 0 Å². The van der Waals surface area contributed by atoms with Crippen LogP contribution in [0.3, 0.4) is 0 Å². The van der Waals surface area contributed by atoms with Crippen molar-refractivity contribution < 1.29 is 33.8 Å². The molecule has 13 heteroatoms. The van der Waals surface area contributed by atoms with Crippen LogP contribution < -0.4 is 5.73 Å². The van der Waals surface area contributed by atoms with Gasteiger partial charge in [0.25, 0.3) is 0 Å². The lowest BCUT2D eigenvalue weighted by Gasteiger charge is -2.23. The second-order valence-electron chi connectivity index (χ2n) is 5.03. The highest BCUT2D eigenvalue weighted by atomic mass is 31.2. The van der Waals surface area contributed by atoms with Crippen molar-refractivity contribution in [1.82, 2.24) is 14.6 Å². The third kappa shape index (κ3) is 2.45. The molecule has 2 aromatic heterocycles. The number of nitrogens with zero attached hydrogens (tertiary/aromatic N) is 4. The van der Waals surface area contributed by atoms with Crippen molar-refractivity contribution in [2.24, 2.45) is 0 Å². The molecule has 1 saturated heterocycles. The third-order valence-corrected chi connectivity index (χ3v) is 4.07. The van der Waals surface area contributed by atoms with Gasteiger partial charge < -0.3 is 30.5 Å². The molecular formula is C11H12N5O7P. The Hall–Kier alpha value is -2.10. The SMILES string of the molecule is N#C[C@@]1(c2ccc3c(N)ncnn23)O[C@H](OP(=O)(O)O)[C@@H](O)[C@H]1O. The average molecular weight is 357 g/mol. The number of nitriles is 1. The Kier molecular flexibility index (Phi) is 3.82. The second-order valence-corrected chi connectivity index (χ2v) is 6.22. The highest BCUT2D eigenvalue weighted by Gasteiger charge is 2.59. The van der Waals surface area contributed by atoms with Gasteiger partial charge in [-0.3, -0.25) is 4.52 Å². The topological polar surface area (TPSA) is 196 Å². The Morgan fingerprint density at radius 1 is 1.46 bits per heavy atom. The molecule has 3 rings (SSSR count). The minimum atomic E-state index is -5.04. The van der Waals surface area contributed by atoms with E-state index in [0.29, 0.717) is 5.52 Å². The van der Waals surface area contributed by atoms with Gasteiger partial charge in [-0.25, -0.2) is 14.1 Å². The lowest BCUT2D eigenvalue weighted by molar-refractivity contribution is -0.141. The number of phosphoric ester groups is 1. The Bertz CT molecular complexity index is 875. The van der Waals surface area contributed by atoms with E-state index in [1.54, 1.807) is 6.07 Å². The molecule has 0 radical (unpaired) electrons. The highest BCUT2D eigenvalue weighted by molar-refractivity contribution is 7.46. The fourth-order valence-electron chi connectivity index (χ4n) is 2.53. The molecule has 1 fully saturated rings. The van der Waals surface area contributed by atoms with Crippen molar-refractivity contribution in [3.05, 3.63) is 24.2 Å². The van der Waals surface area contributed by atoms with E-state index in [1.807, 2.05) is 0 Å². The summed E-state index contributed by atoms with van der Waals surface area (Å²) in [6.45, 7) is 0. The number of nitrogen functional groups attached to an aromatic ring is 1. The van der Waals surface area contributed by atoms with Gasteiger partial charge in [-0.15, -0.1) is 0 Å². The number of aromatic nitrogens is 3. The fraction of sp³-hybridized carbons (Fsp3) is 0.364. The minimum absolute atomic E-state index is 0.0162. The number of fused-ring (bicyclic) bond motifs is 1. The molecule has 4 atom stereocenters. The van der Waals surface area contributed by atoms with Gasteiger partial charge >= 0.3 is 7.82 Å². The van der Waals surface area contributed by atoms with Gasteiger partial charge in [0, 0.05) is 0 Å². The third-order valence-electron chi connectivity index (χ3n) is 3.59. The zero-order valence-electron chi connectivity index (χ0n) is 11.8. The maximum Gasteiger partial charge on any atom is 0.472 e. The number of rotatable bonds is 3. The van der Waals surface area contributed by atoms with Crippen molar-refractivity contribution in [2.45, 2.75) is 24.1 Å². The summed E-state index contributed by atoms with van der Waals surface area (Å²) in [6, 6.07) is 4.52. The molecule has 0 saturated carbocycles. The predicted molar refractivity (Wildman–Crippen MR) is 74.7 cm³/mol. The predicted octanol–water partition coefficient (Wildman–Crippen LogP) is -1.78. The smallest absolute Gasteiger partial charge is 0.386 e. The number of ether oxygens (including phenoxy) is 1. The summed E-state index contributed by atoms with van der Waals surface area (Å²) in [4.78, 5) is 21.5. The van der Waals surface area contributed by atoms with E-state index < -0.39 is 31.9 Å². The van der Waals surface area contributed by atoms with Crippen molar-refractivity contribution in [2.75, 3.05) is 5.73 Å². The van der Waals surface area contributed by atoms with Crippen molar-refractivity contribution in [1.29, 1.82) is 5.26 Å². The molecule has 24 heavy (non-hydrogen) atoms. The van der Waals surface area contributed by atoms with Crippen LogP contribution in [0.4, 0.5) is 5.82 Å². The molecule has 0 aliphatic carbocycles. The molecule has 0 amide bonds. The monoisotopic (exact) mass is 357 g/mol. The van der Waals surface area contributed by atoms with Crippen LogP contribution in [0.2, 0.25) is 0 Å². The zero-order valence-corrected chi connectivity index (χ0v) is 12.7. The summed E-state index contributed by atoms with van der Waals surface area (Å²) in [6.07, 6.45) is -4.57. The van der Waals surface area contributed by atoms with Gasteiger partial charge in [0.15, 0.2) is 12.1 Å². The van der Waals surface area contributed by atoms with E-state index in [-0.39, 0.29) is 11.5 Å². The standard InChI is InChI=1S/C11H12N5O7P/c12-3-11(6-2-1-5-9(13)14-4-15-16(5)6)8(18)7(17)10(22-11)23-24(19,20)21/h1-2,4,7-8,10,17-18H,(H2,13,14,15)(H2,19,20,21)/t7-,8+,10+,11-/m0/s1. The zero-order chi connectivity index (χ0) is 17.7. The van der Waals surface area contributed by atoms with E-state index in [0.717, 1.165) is 6.33 Å². The van der Waals surface area contributed by atoms with E-state index in [2.05, 4.69) is 14.6 Å². The van der Waals surface area contributed by atoms with Crippen LogP contribution in [-0.4, -0.2) is 53.1 Å². The van der Waals surface area contributed by atoms with Gasteiger partial charge in [-0.2, -0.15) is 10.4 Å². The maximum absolute atomic E-state index is 11.0. The number of nitrogens with two attached hydrogens (primary N) is 1. The molecule has 6 N–H and O–H groups in total. The molecule has 1 aliphatic heterocycles. The number of hydrogen-bond acceptors (Lipinski definition) is 9. The number of phosphoric acid groups is 1. The lowest BCUT2D eigenvalue weighted by atomic mass is 9.93. The summed E-state index contributed by atoms with van der Waals surface area (Å²) in [5.74, 6) is 0.0976. The van der Waals surface area contributed by atoms with Crippen molar-refractivity contribution in [3.63, 3.8) is 0 Å². The van der Waals surface area contributed by atoms with Crippen LogP contribution in [0.1, 0.15) is 5.69 Å². The van der Waals surface area contributed by atoms with E-state index in [9.17, 15) is 20.0 Å². The second kappa shape index (κ2) is 5.47. The van der Waals surface area contributed by atoms with E-state index in [4.69, 9.17) is 20.3 Å².